The van der Waals surface area contributed by atoms with Crippen LogP contribution >= 0.6 is 12.2 Å². The van der Waals surface area contributed by atoms with Crippen LogP contribution in [0.4, 0.5) is 5.69 Å². The van der Waals surface area contributed by atoms with E-state index < -0.39 is 12.0 Å². The maximum atomic E-state index is 11.5. The molecule has 0 fully saturated rings. The van der Waals surface area contributed by atoms with Crippen LogP contribution in [0.1, 0.15) is 5.56 Å². The van der Waals surface area contributed by atoms with Gasteiger partial charge < -0.3 is 20.7 Å². The number of ether oxygens (including phenoxy) is 1. The molecule has 2 aromatic rings. The van der Waals surface area contributed by atoms with Gasteiger partial charge in [-0.2, -0.15) is 0 Å². The highest BCUT2D eigenvalue weighted by Gasteiger charge is 2.30. The molecule has 1 aliphatic rings. The zero-order chi connectivity index (χ0) is 16.9. The Morgan fingerprint density at radius 3 is 2.67 bits per heavy atom. The molecule has 5 nitrogen and oxygen atoms in total. The molecule has 3 rings (SSSR count). The number of rotatable bonds is 4. The molecule has 6 heteroatoms. The Kier molecular flexibility index (Phi) is 4.96. The number of thiocarbonyl (C=S) groups is 1. The smallest absolute Gasteiger partial charge is 0.260 e. The van der Waals surface area contributed by atoms with Gasteiger partial charge in [0.05, 0.1) is 12.2 Å². The van der Waals surface area contributed by atoms with E-state index in [1.165, 1.54) is 5.56 Å². The van der Waals surface area contributed by atoms with Crippen molar-refractivity contribution in [3.05, 3.63) is 60.2 Å². The molecule has 24 heavy (non-hydrogen) atoms. The number of carbonyl (C=O) groups excluding carboxylic acids is 1. The fourth-order valence-electron chi connectivity index (χ4n) is 2.63. The number of hydrogen-bond donors (Lipinski definition) is 2. The Bertz CT molecular complexity index is 736. The molecule has 124 valence electrons. The van der Waals surface area contributed by atoms with Crippen molar-refractivity contribution >= 4 is 28.9 Å². The average molecular weight is 341 g/mol. The van der Waals surface area contributed by atoms with Crippen LogP contribution in [0.2, 0.25) is 0 Å². The maximum absolute atomic E-state index is 11.5. The fourth-order valence-corrected chi connectivity index (χ4v) is 2.90. The third-order valence-electron chi connectivity index (χ3n) is 3.87. The summed E-state index contributed by atoms with van der Waals surface area (Å²) in [5, 5.41) is 3.81. The molecule has 1 amide bonds. The van der Waals surface area contributed by atoms with Gasteiger partial charge in [-0.3, -0.25) is 4.79 Å². The summed E-state index contributed by atoms with van der Waals surface area (Å²) in [6.07, 6.45) is 0.153. The van der Waals surface area contributed by atoms with Gasteiger partial charge in [0.1, 0.15) is 5.75 Å². The first kappa shape index (κ1) is 16.3. The highest BCUT2D eigenvalue weighted by Crippen LogP contribution is 2.33. The average Bonchev–Trinajstić information content (AvgIpc) is 2.61. The lowest BCUT2D eigenvalue weighted by molar-refractivity contribution is -0.124. The third-order valence-corrected chi connectivity index (χ3v) is 4.23. The van der Waals surface area contributed by atoms with Gasteiger partial charge in [-0.25, -0.2) is 0 Å². The molecule has 0 bridgehead atoms. The van der Waals surface area contributed by atoms with Crippen molar-refractivity contribution in [2.75, 3.05) is 18.0 Å². The van der Waals surface area contributed by atoms with Crippen molar-refractivity contribution in [2.24, 2.45) is 5.73 Å². The van der Waals surface area contributed by atoms with Gasteiger partial charge in [-0.15, -0.1) is 0 Å². The van der Waals surface area contributed by atoms with Crippen LogP contribution in [-0.2, 0) is 11.2 Å². The van der Waals surface area contributed by atoms with Crippen LogP contribution in [0.5, 0.6) is 5.75 Å². The number of primary amides is 1. The Morgan fingerprint density at radius 1 is 1.21 bits per heavy atom. The van der Waals surface area contributed by atoms with Crippen molar-refractivity contribution < 1.29 is 9.53 Å². The first-order valence-electron chi connectivity index (χ1n) is 7.79. The lowest BCUT2D eigenvalue weighted by Gasteiger charge is -2.35. The Morgan fingerprint density at radius 2 is 1.92 bits per heavy atom. The molecule has 0 unspecified atom stereocenters. The summed E-state index contributed by atoms with van der Waals surface area (Å²) in [6.45, 7) is 1.02. The van der Waals surface area contributed by atoms with Crippen LogP contribution in [0, 0.1) is 0 Å². The lowest BCUT2D eigenvalue weighted by Crippen LogP contribution is -2.52. The molecule has 0 spiro atoms. The second-order valence-corrected chi connectivity index (χ2v) is 5.94. The third kappa shape index (κ3) is 3.65. The number of nitrogens with zero attached hydrogens (tertiary/aromatic N) is 1. The van der Waals surface area contributed by atoms with E-state index in [9.17, 15) is 4.79 Å². The largest absolute Gasteiger partial charge is 0.477 e. The van der Waals surface area contributed by atoms with Crippen LogP contribution in [0.15, 0.2) is 54.6 Å². The molecule has 3 N–H and O–H groups in total. The van der Waals surface area contributed by atoms with Gasteiger partial charge in [0.25, 0.3) is 5.91 Å². The number of benzene rings is 2. The van der Waals surface area contributed by atoms with Crippen LogP contribution in [0.25, 0.3) is 0 Å². The molecule has 1 aliphatic heterocycles. The first-order chi connectivity index (χ1) is 11.6. The van der Waals surface area contributed by atoms with Crippen molar-refractivity contribution in [2.45, 2.75) is 12.5 Å². The molecular formula is C18H19N3O2S. The van der Waals surface area contributed by atoms with E-state index in [1.54, 1.807) is 0 Å². The van der Waals surface area contributed by atoms with Gasteiger partial charge >= 0.3 is 0 Å². The van der Waals surface area contributed by atoms with E-state index in [1.807, 2.05) is 47.4 Å². The number of nitrogens with two attached hydrogens (primary N) is 1. The normalized spacial score (nSPS) is 16.0. The van der Waals surface area contributed by atoms with Crippen molar-refractivity contribution in [1.82, 2.24) is 5.32 Å². The van der Waals surface area contributed by atoms with Crippen LogP contribution in [-0.4, -0.2) is 30.2 Å². The minimum atomic E-state index is -0.714. The van der Waals surface area contributed by atoms with E-state index in [2.05, 4.69) is 17.4 Å². The predicted octanol–water partition coefficient (Wildman–Crippen LogP) is 1.86. The monoisotopic (exact) mass is 341 g/mol. The molecule has 0 aliphatic carbocycles. The number of para-hydroxylation sites is 2. The number of carbonyl (C=O) groups is 1. The van der Waals surface area contributed by atoms with E-state index in [-0.39, 0.29) is 0 Å². The van der Waals surface area contributed by atoms with Gasteiger partial charge in [0.2, 0.25) is 0 Å². The zero-order valence-electron chi connectivity index (χ0n) is 13.1. The van der Waals surface area contributed by atoms with Gasteiger partial charge in [-0.05, 0) is 36.3 Å². The highest BCUT2D eigenvalue weighted by atomic mass is 32.1. The first-order valence-corrected chi connectivity index (χ1v) is 8.20. The SMILES string of the molecule is NC(=O)[C@H]1CN(C(=S)NCCc2ccccc2)c2ccccc2O1. The number of hydrogen-bond acceptors (Lipinski definition) is 3. The van der Waals surface area contributed by atoms with Crippen molar-refractivity contribution in [3.8, 4) is 5.75 Å². The van der Waals surface area contributed by atoms with E-state index >= 15 is 0 Å². The second kappa shape index (κ2) is 7.31. The van der Waals surface area contributed by atoms with Gasteiger partial charge in [0.15, 0.2) is 11.2 Å². The zero-order valence-corrected chi connectivity index (χ0v) is 14.0. The van der Waals surface area contributed by atoms with E-state index in [4.69, 9.17) is 22.7 Å². The minimum Gasteiger partial charge on any atom is -0.477 e. The summed E-state index contributed by atoms with van der Waals surface area (Å²) in [7, 11) is 0. The molecule has 0 radical (unpaired) electrons. The summed E-state index contributed by atoms with van der Waals surface area (Å²) in [5.74, 6) is 0.112. The fraction of sp³-hybridized carbons (Fsp3) is 0.222. The quantitative estimate of drug-likeness (QED) is 0.831. The minimum absolute atomic E-state index is 0.309. The Labute approximate surface area is 146 Å². The maximum Gasteiger partial charge on any atom is 0.260 e. The van der Waals surface area contributed by atoms with Crippen molar-refractivity contribution in [3.63, 3.8) is 0 Å². The summed E-state index contributed by atoms with van der Waals surface area (Å²) in [6, 6.07) is 17.7. The molecule has 0 saturated carbocycles. The Hall–Kier alpha value is -2.60. The van der Waals surface area contributed by atoms with Gasteiger partial charge in [-0.1, -0.05) is 42.5 Å². The van der Waals surface area contributed by atoms with E-state index in [0.717, 1.165) is 12.1 Å². The standard InChI is InChI=1S/C18H19N3O2S/c19-17(22)16-12-21(14-8-4-5-9-15(14)23-16)18(24)20-11-10-13-6-2-1-3-7-13/h1-9,16H,10-12H2,(H2,19,22)(H,20,24)/t16-/m1/s1. The van der Waals surface area contributed by atoms with Crippen LogP contribution in [0.3, 0.4) is 0 Å². The summed E-state index contributed by atoms with van der Waals surface area (Å²) in [4.78, 5) is 13.4. The molecule has 0 saturated heterocycles. The number of anilines is 1. The summed E-state index contributed by atoms with van der Waals surface area (Å²) in [5.41, 5.74) is 7.49. The van der Waals surface area contributed by atoms with Crippen LogP contribution < -0.4 is 20.7 Å². The van der Waals surface area contributed by atoms with Gasteiger partial charge in [0, 0.05) is 6.54 Å². The molecule has 1 atom stereocenters. The second-order valence-electron chi connectivity index (χ2n) is 5.55. The predicted molar refractivity (Wildman–Crippen MR) is 98.1 cm³/mol. The van der Waals surface area contributed by atoms with Crippen molar-refractivity contribution in [1.29, 1.82) is 0 Å². The highest BCUT2D eigenvalue weighted by molar-refractivity contribution is 7.80. The van der Waals surface area contributed by atoms with E-state index in [0.29, 0.717) is 24.0 Å². The topological polar surface area (TPSA) is 67.6 Å². The molecular weight excluding hydrogens is 322 g/mol. The summed E-state index contributed by atoms with van der Waals surface area (Å²) < 4.78 is 5.64. The molecule has 2 aromatic carbocycles. The number of nitrogens with one attached hydrogen (secondary N) is 1. The number of fused-ring (bicyclic) bond motifs is 1. The molecule has 1 heterocycles. The number of amides is 1. The summed E-state index contributed by atoms with van der Waals surface area (Å²) >= 11 is 5.51. The molecule has 0 aromatic heterocycles. The lowest BCUT2D eigenvalue weighted by atomic mass is 10.1. The Balaban J connectivity index is 1.68.